The van der Waals surface area contributed by atoms with Gasteiger partial charge in [-0.2, -0.15) is 4.98 Å². The van der Waals surface area contributed by atoms with Crippen molar-refractivity contribution in [1.29, 1.82) is 0 Å². The van der Waals surface area contributed by atoms with Gasteiger partial charge in [0.1, 0.15) is 5.58 Å². The van der Waals surface area contributed by atoms with Gasteiger partial charge in [0.25, 0.3) is 0 Å². The predicted octanol–water partition coefficient (Wildman–Crippen LogP) is 8.98. The van der Waals surface area contributed by atoms with E-state index in [0.717, 1.165) is 39.6 Å². The minimum atomic E-state index is 0.319. The van der Waals surface area contributed by atoms with Crippen molar-refractivity contribution < 1.29 is 4.42 Å². The van der Waals surface area contributed by atoms with Crippen LogP contribution in [-0.2, 0) is 0 Å². The third kappa shape index (κ3) is 3.95. The third-order valence-corrected chi connectivity index (χ3v) is 7.02. The molecule has 0 fully saturated rings. The Bertz CT molecular complexity index is 1800. The molecule has 0 bridgehead atoms. The molecule has 4 aromatic carbocycles. The molecule has 37 heavy (non-hydrogen) atoms. The van der Waals surface area contributed by atoms with Crippen LogP contribution >= 0.6 is 0 Å². The van der Waals surface area contributed by atoms with Gasteiger partial charge in [-0.3, -0.25) is 0 Å². The zero-order chi connectivity index (χ0) is 24.6. The van der Waals surface area contributed by atoms with Gasteiger partial charge in [-0.25, -0.2) is 4.98 Å². The van der Waals surface area contributed by atoms with Crippen molar-refractivity contribution in [2.24, 2.45) is 0 Å². The minimum Gasteiger partial charge on any atom is -0.438 e. The Morgan fingerprint density at radius 1 is 0.649 bits per heavy atom. The summed E-state index contributed by atoms with van der Waals surface area (Å²) in [6.07, 6.45) is 9.77. The molecule has 0 spiro atoms. The summed E-state index contributed by atoms with van der Waals surface area (Å²) in [6, 6.07) is 35.6. The number of aromatic nitrogens is 2. The molecule has 1 atom stereocenters. The Morgan fingerprint density at radius 3 is 2.16 bits per heavy atom. The summed E-state index contributed by atoms with van der Waals surface area (Å²) < 4.78 is 6.27. The first kappa shape index (κ1) is 21.5. The number of hydrogen-bond donors (Lipinski definition) is 0. The van der Waals surface area contributed by atoms with Gasteiger partial charge in [-0.15, -0.1) is 0 Å². The van der Waals surface area contributed by atoms with Gasteiger partial charge in [0.15, 0.2) is 5.82 Å². The summed E-state index contributed by atoms with van der Waals surface area (Å²) in [5.41, 5.74) is 7.99. The van der Waals surface area contributed by atoms with E-state index in [1.54, 1.807) is 0 Å². The van der Waals surface area contributed by atoms with Gasteiger partial charge in [-0.1, -0.05) is 109 Å². The fourth-order valence-corrected chi connectivity index (χ4v) is 5.18. The first-order valence-corrected chi connectivity index (χ1v) is 12.6. The molecule has 3 nitrogen and oxygen atoms in total. The van der Waals surface area contributed by atoms with Crippen molar-refractivity contribution in [3.63, 3.8) is 0 Å². The number of hydrogen-bond acceptors (Lipinski definition) is 3. The second-order valence-corrected chi connectivity index (χ2v) is 9.41. The highest BCUT2D eigenvalue weighted by atomic mass is 16.3. The van der Waals surface area contributed by atoms with Crippen molar-refractivity contribution >= 4 is 22.1 Å². The maximum atomic E-state index is 6.27. The van der Waals surface area contributed by atoms with E-state index in [0.29, 0.717) is 17.5 Å². The Morgan fingerprint density at radius 2 is 1.38 bits per heavy atom. The molecule has 0 saturated carbocycles. The van der Waals surface area contributed by atoms with E-state index in [1.807, 2.05) is 48.5 Å². The van der Waals surface area contributed by atoms with Gasteiger partial charge >= 0.3 is 0 Å². The summed E-state index contributed by atoms with van der Waals surface area (Å²) in [7, 11) is 0. The van der Waals surface area contributed by atoms with Crippen molar-refractivity contribution in [3.8, 4) is 33.8 Å². The van der Waals surface area contributed by atoms with E-state index < -0.39 is 0 Å². The van der Waals surface area contributed by atoms with E-state index in [2.05, 4.69) is 78.9 Å². The molecular weight excluding hydrogens is 452 g/mol. The number of fused-ring (bicyclic) bond motifs is 3. The molecule has 0 saturated heterocycles. The van der Waals surface area contributed by atoms with Crippen LogP contribution < -0.4 is 0 Å². The maximum absolute atomic E-state index is 6.27. The Hall–Kier alpha value is -4.76. The zero-order valence-corrected chi connectivity index (χ0v) is 20.2. The Labute approximate surface area is 215 Å². The Balaban J connectivity index is 1.53. The zero-order valence-electron chi connectivity index (χ0n) is 20.2. The van der Waals surface area contributed by atoms with Gasteiger partial charge in [-0.05, 0) is 41.3 Å². The van der Waals surface area contributed by atoms with Gasteiger partial charge in [0, 0.05) is 22.4 Å². The molecule has 2 heterocycles. The normalized spacial score (nSPS) is 15.0. The molecule has 7 rings (SSSR count). The summed E-state index contributed by atoms with van der Waals surface area (Å²) in [5.74, 6) is 0.980. The lowest BCUT2D eigenvalue weighted by Gasteiger charge is -2.17. The number of para-hydroxylation sites is 1. The number of furan rings is 1. The average molecular weight is 477 g/mol. The van der Waals surface area contributed by atoms with E-state index in [9.17, 15) is 0 Å². The predicted molar refractivity (Wildman–Crippen MR) is 151 cm³/mol. The monoisotopic (exact) mass is 476 g/mol. The molecule has 2 aromatic heterocycles. The van der Waals surface area contributed by atoms with E-state index in [-0.39, 0.29) is 0 Å². The molecule has 0 aliphatic heterocycles. The quantitative estimate of drug-likeness (QED) is 0.255. The molecule has 176 valence electrons. The minimum absolute atomic E-state index is 0.319. The van der Waals surface area contributed by atoms with Crippen molar-refractivity contribution in [2.75, 3.05) is 0 Å². The summed E-state index contributed by atoms with van der Waals surface area (Å²) in [6.45, 7) is 0. The topological polar surface area (TPSA) is 38.9 Å². The highest BCUT2D eigenvalue weighted by Gasteiger charge is 2.20. The lowest BCUT2D eigenvalue weighted by Crippen LogP contribution is -1.99. The molecule has 0 radical (unpaired) electrons. The number of nitrogens with zero attached hydrogens (tertiary/aromatic N) is 2. The summed E-state index contributed by atoms with van der Waals surface area (Å²) in [4.78, 5) is 10.0. The first-order valence-electron chi connectivity index (χ1n) is 12.6. The van der Waals surface area contributed by atoms with Crippen LogP contribution in [0.15, 0.2) is 132 Å². The fourth-order valence-electron chi connectivity index (χ4n) is 5.18. The van der Waals surface area contributed by atoms with Crippen LogP contribution in [0, 0.1) is 0 Å². The Kier molecular flexibility index (Phi) is 5.25. The molecule has 0 N–H and O–H groups in total. The van der Waals surface area contributed by atoms with Gasteiger partial charge in [0.2, 0.25) is 5.71 Å². The van der Waals surface area contributed by atoms with Gasteiger partial charge in [0.05, 0.1) is 11.1 Å². The van der Waals surface area contributed by atoms with E-state index >= 15 is 0 Å². The molecule has 0 amide bonds. The van der Waals surface area contributed by atoms with E-state index in [4.69, 9.17) is 14.4 Å². The lowest BCUT2D eigenvalue weighted by molar-refractivity contribution is 0.653. The lowest BCUT2D eigenvalue weighted by atomic mass is 9.88. The van der Waals surface area contributed by atoms with Crippen LogP contribution in [0.25, 0.3) is 55.8 Å². The number of benzene rings is 4. The van der Waals surface area contributed by atoms with Crippen molar-refractivity contribution in [3.05, 3.63) is 133 Å². The second kappa shape index (κ2) is 9.03. The molecule has 1 aliphatic carbocycles. The molecule has 6 aromatic rings. The first-order chi connectivity index (χ1) is 18.3. The van der Waals surface area contributed by atoms with Crippen LogP contribution in [0.1, 0.15) is 17.9 Å². The summed E-state index contributed by atoms with van der Waals surface area (Å²) >= 11 is 0. The average Bonchev–Trinajstić information content (AvgIpc) is 3.36. The molecule has 3 heteroatoms. The standard InChI is InChI=1S/C34H24N2O/c1-4-12-23(13-5-1)26-20-27(24-14-6-2-7-15-24)22-28(21-26)32-31-29-18-10-11-19-30(29)37-34(31)36-33(35-32)25-16-8-3-9-17-25/h1-14,16-22,24H,15H2. The van der Waals surface area contributed by atoms with Crippen molar-refractivity contribution in [2.45, 2.75) is 12.3 Å². The number of rotatable bonds is 4. The van der Waals surface area contributed by atoms with Crippen molar-refractivity contribution in [1.82, 2.24) is 9.97 Å². The summed E-state index contributed by atoms with van der Waals surface area (Å²) in [5, 5.41) is 1.98. The second-order valence-electron chi connectivity index (χ2n) is 9.41. The smallest absolute Gasteiger partial charge is 0.231 e. The van der Waals surface area contributed by atoms with Crippen LogP contribution in [0.4, 0.5) is 0 Å². The largest absolute Gasteiger partial charge is 0.438 e. The third-order valence-electron chi connectivity index (χ3n) is 7.02. The molecule has 1 aliphatic rings. The van der Waals surface area contributed by atoms with Crippen LogP contribution in [-0.4, -0.2) is 9.97 Å². The van der Waals surface area contributed by atoms with Crippen LogP contribution in [0.3, 0.4) is 0 Å². The molecule has 1 unspecified atom stereocenters. The van der Waals surface area contributed by atoms with Crippen LogP contribution in [0.5, 0.6) is 0 Å². The highest BCUT2D eigenvalue weighted by Crippen LogP contribution is 2.39. The maximum Gasteiger partial charge on any atom is 0.231 e. The van der Waals surface area contributed by atoms with E-state index in [1.165, 1.54) is 16.7 Å². The van der Waals surface area contributed by atoms with Gasteiger partial charge < -0.3 is 4.42 Å². The number of allylic oxidation sites excluding steroid dienone is 4. The van der Waals surface area contributed by atoms with Crippen LogP contribution in [0.2, 0.25) is 0 Å². The highest BCUT2D eigenvalue weighted by molar-refractivity contribution is 6.10. The SMILES string of the molecule is C1=CCC(c2cc(-c3ccccc3)cc(-c3nc(-c4ccccc4)nc4oc5ccccc5c34)c2)C=C1. The fraction of sp³-hybridized carbons (Fsp3) is 0.0588. The molecular formula is C34H24N2O.